The molecule has 8 aromatic carbocycles. The fourth-order valence-electron chi connectivity index (χ4n) is 7.30. The minimum atomic E-state index is 0.905. The van der Waals surface area contributed by atoms with Crippen molar-refractivity contribution in [2.75, 3.05) is 4.90 Å². The van der Waals surface area contributed by atoms with Crippen LogP contribution < -0.4 is 4.90 Å². The predicted molar refractivity (Wildman–Crippen MR) is 202 cm³/mol. The molecule has 0 atom stereocenters. The third-order valence-electron chi connectivity index (χ3n) is 9.46. The number of furan rings is 1. The smallest absolute Gasteiger partial charge is 0.145 e. The summed E-state index contributed by atoms with van der Waals surface area (Å²) in [5, 5.41) is 9.59. The quantitative estimate of drug-likeness (QED) is 0.195. The van der Waals surface area contributed by atoms with E-state index in [-0.39, 0.29) is 0 Å². The molecule has 0 aliphatic rings. The first-order valence-corrected chi connectivity index (χ1v) is 16.7. The van der Waals surface area contributed by atoms with Gasteiger partial charge in [-0.25, -0.2) is 0 Å². The summed E-state index contributed by atoms with van der Waals surface area (Å²) in [6, 6.07) is 59.0. The molecule has 220 valence electrons. The van der Waals surface area contributed by atoms with Crippen LogP contribution in [0.4, 0.5) is 17.1 Å². The molecule has 2 heterocycles. The number of nitrogens with zero attached hydrogens (tertiary/aromatic N) is 1. The van der Waals surface area contributed by atoms with E-state index in [0.717, 1.165) is 49.8 Å². The van der Waals surface area contributed by atoms with Gasteiger partial charge >= 0.3 is 0 Å². The Balaban J connectivity index is 1.26. The van der Waals surface area contributed by atoms with Crippen molar-refractivity contribution < 1.29 is 4.42 Å². The molecule has 0 amide bonds. The molecule has 0 aliphatic carbocycles. The second kappa shape index (κ2) is 10.3. The van der Waals surface area contributed by atoms with Gasteiger partial charge in [0.05, 0.1) is 16.1 Å². The van der Waals surface area contributed by atoms with Crippen molar-refractivity contribution in [3.63, 3.8) is 0 Å². The molecule has 3 heteroatoms. The van der Waals surface area contributed by atoms with Crippen molar-refractivity contribution in [3.8, 4) is 11.1 Å². The minimum Gasteiger partial charge on any atom is -0.455 e. The predicted octanol–water partition coefficient (Wildman–Crippen LogP) is 13.4. The van der Waals surface area contributed by atoms with Crippen LogP contribution in [0.3, 0.4) is 0 Å². The van der Waals surface area contributed by atoms with Gasteiger partial charge in [-0.15, -0.1) is 11.3 Å². The van der Waals surface area contributed by atoms with Crippen LogP contribution in [0.25, 0.3) is 74.8 Å². The second-order valence-electron chi connectivity index (χ2n) is 12.1. The van der Waals surface area contributed by atoms with E-state index >= 15 is 0 Å². The van der Waals surface area contributed by atoms with Gasteiger partial charge < -0.3 is 9.32 Å². The number of anilines is 3. The van der Waals surface area contributed by atoms with E-state index in [2.05, 4.69) is 163 Å². The van der Waals surface area contributed by atoms with Crippen LogP contribution in [-0.2, 0) is 0 Å². The number of fused-ring (bicyclic) bond motifs is 9. The maximum Gasteiger partial charge on any atom is 0.145 e. The molecule has 0 radical (unpaired) electrons. The highest BCUT2D eigenvalue weighted by atomic mass is 32.1. The molecule has 47 heavy (non-hydrogen) atoms. The Morgan fingerprint density at radius 1 is 0.447 bits per heavy atom. The van der Waals surface area contributed by atoms with Crippen molar-refractivity contribution in [3.05, 3.63) is 164 Å². The molecule has 0 saturated carbocycles. The number of rotatable bonds is 4. The van der Waals surface area contributed by atoms with Crippen molar-refractivity contribution in [2.24, 2.45) is 0 Å². The first kappa shape index (κ1) is 26.3. The van der Waals surface area contributed by atoms with Gasteiger partial charge in [-0.1, -0.05) is 121 Å². The number of para-hydroxylation sites is 1. The highest BCUT2D eigenvalue weighted by Crippen LogP contribution is 2.48. The van der Waals surface area contributed by atoms with Crippen molar-refractivity contribution in [1.82, 2.24) is 0 Å². The van der Waals surface area contributed by atoms with E-state index in [1.165, 1.54) is 42.1 Å². The molecule has 0 spiro atoms. The Labute approximate surface area is 275 Å². The molecular weight excluding hydrogens is 591 g/mol. The molecule has 0 unspecified atom stereocenters. The third-order valence-corrected chi connectivity index (χ3v) is 10.7. The van der Waals surface area contributed by atoms with Gasteiger partial charge in [0.25, 0.3) is 0 Å². The van der Waals surface area contributed by atoms with Crippen molar-refractivity contribution in [1.29, 1.82) is 0 Å². The molecule has 10 aromatic rings. The maximum absolute atomic E-state index is 6.66. The topological polar surface area (TPSA) is 16.4 Å². The fraction of sp³-hybridized carbons (Fsp3) is 0. The van der Waals surface area contributed by atoms with E-state index in [0.29, 0.717) is 0 Å². The summed E-state index contributed by atoms with van der Waals surface area (Å²) in [5.41, 5.74) is 7.60. The van der Waals surface area contributed by atoms with E-state index in [4.69, 9.17) is 4.42 Å². The van der Waals surface area contributed by atoms with Gasteiger partial charge in [-0.2, -0.15) is 0 Å². The van der Waals surface area contributed by atoms with E-state index in [1.807, 2.05) is 17.4 Å². The molecule has 0 fully saturated rings. The first-order chi connectivity index (χ1) is 23.3. The van der Waals surface area contributed by atoms with Gasteiger partial charge in [-0.05, 0) is 69.8 Å². The van der Waals surface area contributed by atoms with Crippen LogP contribution >= 0.6 is 11.3 Å². The lowest BCUT2D eigenvalue weighted by atomic mass is 9.98. The Kier molecular flexibility index (Phi) is 5.78. The number of thiophene rings is 1. The van der Waals surface area contributed by atoms with Crippen LogP contribution in [-0.4, -0.2) is 0 Å². The largest absolute Gasteiger partial charge is 0.455 e. The van der Waals surface area contributed by atoms with Gasteiger partial charge in [-0.3, -0.25) is 0 Å². The molecule has 0 N–H and O–H groups in total. The summed E-state index contributed by atoms with van der Waals surface area (Å²) < 4.78 is 9.21. The molecular formula is C44H27NOS. The normalized spacial score (nSPS) is 11.8. The number of hydrogen-bond acceptors (Lipinski definition) is 3. The fourth-order valence-corrected chi connectivity index (χ4v) is 8.51. The summed E-state index contributed by atoms with van der Waals surface area (Å²) in [5.74, 6) is 0. The Morgan fingerprint density at radius 2 is 1.13 bits per heavy atom. The van der Waals surface area contributed by atoms with Crippen molar-refractivity contribution >= 4 is 92.1 Å². The first-order valence-electron chi connectivity index (χ1n) is 15.9. The lowest BCUT2D eigenvalue weighted by Gasteiger charge is -2.27. The standard InChI is InChI=1S/C44H27NOS/c1-2-13-32-28(10-1)11-7-16-33(32)29-22-25-31(26-23-29)45(39-19-9-17-37-35-15-4-6-21-41(35)47-44(37)39)38-18-8-12-30-24-27-36-34-14-3-5-20-40(34)46-43(36)42(30)38/h1-27H. The zero-order valence-corrected chi connectivity index (χ0v) is 26.2. The van der Waals surface area contributed by atoms with Crippen LogP contribution in [0, 0.1) is 0 Å². The van der Waals surface area contributed by atoms with Crippen LogP contribution in [0.5, 0.6) is 0 Å². The third kappa shape index (κ3) is 4.04. The van der Waals surface area contributed by atoms with E-state index in [9.17, 15) is 0 Å². The maximum atomic E-state index is 6.66. The van der Waals surface area contributed by atoms with Crippen LogP contribution in [0.1, 0.15) is 0 Å². The second-order valence-corrected chi connectivity index (χ2v) is 13.1. The lowest BCUT2D eigenvalue weighted by molar-refractivity contribution is 0.672. The summed E-state index contributed by atoms with van der Waals surface area (Å²) >= 11 is 1.86. The lowest BCUT2D eigenvalue weighted by Crippen LogP contribution is -2.10. The summed E-state index contributed by atoms with van der Waals surface area (Å²) in [4.78, 5) is 2.43. The van der Waals surface area contributed by atoms with Gasteiger partial charge in [0, 0.05) is 37.3 Å². The molecule has 2 aromatic heterocycles. The monoisotopic (exact) mass is 617 g/mol. The Bertz CT molecular complexity index is 2800. The zero-order valence-electron chi connectivity index (χ0n) is 25.4. The Morgan fingerprint density at radius 3 is 2.04 bits per heavy atom. The summed E-state index contributed by atoms with van der Waals surface area (Å²) in [7, 11) is 0. The van der Waals surface area contributed by atoms with E-state index < -0.39 is 0 Å². The number of hydrogen-bond donors (Lipinski definition) is 0. The molecule has 10 rings (SSSR count). The molecule has 0 saturated heterocycles. The highest BCUT2D eigenvalue weighted by Gasteiger charge is 2.22. The molecule has 2 nitrogen and oxygen atoms in total. The average Bonchev–Trinajstić information content (AvgIpc) is 3.71. The van der Waals surface area contributed by atoms with Gasteiger partial charge in [0.15, 0.2) is 0 Å². The molecule has 0 bridgehead atoms. The van der Waals surface area contributed by atoms with Gasteiger partial charge in [0.1, 0.15) is 11.2 Å². The minimum absolute atomic E-state index is 0.905. The average molecular weight is 618 g/mol. The molecule has 0 aliphatic heterocycles. The SMILES string of the molecule is c1ccc2c(-c3ccc(N(c4cccc5c4sc4ccccc45)c4cccc5ccc6c7ccccc7oc6c45)cc3)cccc2c1. The summed E-state index contributed by atoms with van der Waals surface area (Å²) in [6.45, 7) is 0. The number of benzene rings is 8. The van der Waals surface area contributed by atoms with E-state index in [1.54, 1.807) is 0 Å². The van der Waals surface area contributed by atoms with Gasteiger partial charge in [0.2, 0.25) is 0 Å². The zero-order chi connectivity index (χ0) is 30.9. The van der Waals surface area contributed by atoms with Crippen LogP contribution in [0.15, 0.2) is 168 Å². The van der Waals surface area contributed by atoms with Crippen molar-refractivity contribution in [2.45, 2.75) is 0 Å². The van der Waals surface area contributed by atoms with Crippen LogP contribution in [0.2, 0.25) is 0 Å². The Hall–Kier alpha value is -5.90. The summed E-state index contributed by atoms with van der Waals surface area (Å²) in [6.07, 6.45) is 0. The highest BCUT2D eigenvalue weighted by molar-refractivity contribution is 7.26.